The van der Waals surface area contributed by atoms with Gasteiger partial charge >= 0.3 is 6.09 Å². The highest BCUT2D eigenvalue weighted by Crippen LogP contribution is 2.21. The van der Waals surface area contributed by atoms with Gasteiger partial charge in [0.05, 0.1) is 13.7 Å². The lowest BCUT2D eigenvalue weighted by atomic mass is 10.2. The van der Waals surface area contributed by atoms with E-state index in [1.165, 1.54) is 19.2 Å². The lowest BCUT2D eigenvalue weighted by Crippen LogP contribution is -2.23. The molecular formula is C18H17FN2O2. The number of hydrogen-bond donors (Lipinski definition) is 1. The highest BCUT2D eigenvalue weighted by Gasteiger charge is 2.08. The minimum absolute atomic E-state index is 0.276. The van der Waals surface area contributed by atoms with Gasteiger partial charge in [0.2, 0.25) is 0 Å². The average Bonchev–Trinajstić information content (AvgIpc) is 2.56. The van der Waals surface area contributed by atoms with Gasteiger partial charge in [-0.25, -0.2) is 9.18 Å². The van der Waals surface area contributed by atoms with Crippen molar-refractivity contribution in [3.05, 3.63) is 59.9 Å². The molecule has 1 amide bonds. The fourth-order valence-electron chi connectivity index (χ4n) is 2.11. The van der Waals surface area contributed by atoms with Crippen LogP contribution in [-0.2, 0) is 11.3 Å². The summed E-state index contributed by atoms with van der Waals surface area (Å²) in [5.74, 6) is 2.33. The zero-order valence-corrected chi connectivity index (χ0v) is 12.8. The average molecular weight is 312 g/mol. The van der Waals surface area contributed by atoms with Crippen molar-refractivity contribution in [2.45, 2.75) is 6.54 Å². The van der Waals surface area contributed by atoms with Crippen molar-refractivity contribution in [1.82, 2.24) is 0 Å². The summed E-state index contributed by atoms with van der Waals surface area (Å²) in [5, 5.41) is 2.61. The van der Waals surface area contributed by atoms with Crippen LogP contribution < -0.4 is 10.2 Å². The van der Waals surface area contributed by atoms with Gasteiger partial charge in [-0.2, -0.15) is 0 Å². The van der Waals surface area contributed by atoms with Gasteiger partial charge in [0.15, 0.2) is 0 Å². The Morgan fingerprint density at radius 2 is 2.04 bits per heavy atom. The van der Waals surface area contributed by atoms with Gasteiger partial charge in [-0.05, 0) is 35.9 Å². The highest BCUT2D eigenvalue weighted by atomic mass is 19.1. The predicted octanol–water partition coefficient (Wildman–Crippen LogP) is 3.64. The monoisotopic (exact) mass is 312 g/mol. The van der Waals surface area contributed by atoms with E-state index in [2.05, 4.69) is 16.0 Å². The second-order valence-electron chi connectivity index (χ2n) is 4.85. The zero-order chi connectivity index (χ0) is 16.7. The summed E-state index contributed by atoms with van der Waals surface area (Å²) in [6.45, 7) is 0.922. The highest BCUT2D eigenvalue weighted by molar-refractivity contribution is 5.85. The van der Waals surface area contributed by atoms with Crippen molar-refractivity contribution in [1.29, 1.82) is 0 Å². The summed E-state index contributed by atoms with van der Waals surface area (Å²) < 4.78 is 17.6. The maximum atomic E-state index is 13.0. The van der Waals surface area contributed by atoms with Crippen LogP contribution in [0.1, 0.15) is 5.56 Å². The van der Waals surface area contributed by atoms with E-state index in [9.17, 15) is 9.18 Å². The maximum Gasteiger partial charge on any atom is 0.411 e. The molecule has 2 aromatic rings. The normalized spacial score (nSPS) is 9.78. The topological polar surface area (TPSA) is 41.6 Å². The van der Waals surface area contributed by atoms with Crippen LogP contribution in [0, 0.1) is 18.2 Å². The van der Waals surface area contributed by atoms with E-state index in [1.54, 1.807) is 24.3 Å². The third kappa shape index (κ3) is 4.75. The summed E-state index contributed by atoms with van der Waals surface area (Å²) in [4.78, 5) is 13.3. The molecule has 23 heavy (non-hydrogen) atoms. The van der Waals surface area contributed by atoms with Crippen LogP contribution in [-0.4, -0.2) is 19.7 Å². The molecule has 0 spiro atoms. The Morgan fingerprint density at radius 3 is 2.70 bits per heavy atom. The second kappa shape index (κ2) is 7.85. The molecule has 5 heteroatoms. The Labute approximate surface area is 134 Å². The molecule has 118 valence electrons. The van der Waals surface area contributed by atoms with Gasteiger partial charge < -0.3 is 9.64 Å². The number of rotatable bonds is 5. The van der Waals surface area contributed by atoms with Crippen molar-refractivity contribution in [3.63, 3.8) is 0 Å². The van der Waals surface area contributed by atoms with Crippen LogP contribution in [0.15, 0.2) is 48.5 Å². The van der Waals surface area contributed by atoms with Crippen LogP contribution in [0.25, 0.3) is 0 Å². The summed E-state index contributed by atoms with van der Waals surface area (Å²) in [6, 6.07) is 13.5. The fraction of sp³-hybridized carbons (Fsp3) is 0.167. The van der Waals surface area contributed by atoms with E-state index >= 15 is 0 Å². The largest absolute Gasteiger partial charge is 0.453 e. The second-order valence-corrected chi connectivity index (χ2v) is 4.85. The van der Waals surface area contributed by atoms with Gasteiger partial charge in [-0.1, -0.05) is 24.1 Å². The summed E-state index contributed by atoms with van der Waals surface area (Å²) in [6.07, 6.45) is 4.91. The molecular weight excluding hydrogens is 295 g/mol. The van der Waals surface area contributed by atoms with Crippen molar-refractivity contribution in [3.8, 4) is 12.3 Å². The number of benzene rings is 2. The Kier molecular flexibility index (Phi) is 5.59. The number of nitrogens with zero attached hydrogens (tertiary/aromatic N) is 1. The van der Waals surface area contributed by atoms with E-state index in [4.69, 9.17) is 6.42 Å². The van der Waals surface area contributed by atoms with E-state index in [-0.39, 0.29) is 5.82 Å². The van der Waals surface area contributed by atoms with E-state index in [1.807, 2.05) is 17.0 Å². The van der Waals surface area contributed by atoms with Crippen molar-refractivity contribution >= 4 is 17.5 Å². The summed E-state index contributed by atoms with van der Waals surface area (Å²) >= 11 is 0. The maximum absolute atomic E-state index is 13.0. The van der Waals surface area contributed by atoms with Crippen LogP contribution in [0.2, 0.25) is 0 Å². The number of terminal acetylenes is 1. The smallest absolute Gasteiger partial charge is 0.411 e. The summed E-state index contributed by atoms with van der Waals surface area (Å²) in [7, 11) is 1.30. The van der Waals surface area contributed by atoms with Crippen molar-refractivity contribution in [2.24, 2.45) is 0 Å². The predicted molar refractivity (Wildman–Crippen MR) is 88.8 cm³/mol. The Balaban J connectivity index is 2.20. The molecule has 0 saturated carbocycles. The fourth-order valence-corrected chi connectivity index (χ4v) is 2.11. The third-order valence-corrected chi connectivity index (χ3v) is 3.21. The minimum atomic E-state index is -0.538. The molecule has 0 saturated heterocycles. The van der Waals surface area contributed by atoms with E-state index in [0.717, 1.165) is 11.3 Å². The zero-order valence-electron chi connectivity index (χ0n) is 12.8. The number of anilines is 2. The molecule has 0 aromatic heterocycles. The van der Waals surface area contributed by atoms with Gasteiger partial charge in [0.25, 0.3) is 0 Å². The number of carbonyl (C=O) groups is 1. The molecule has 0 bridgehead atoms. The van der Waals surface area contributed by atoms with Crippen molar-refractivity contribution < 1.29 is 13.9 Å². The molecule has 0 aliphatic heterocycles. The molecule has 0 aliphatic rings. The molecule has 1 N–H and O–H groups in total. The van der Waals surface area contributed by atoms with Crippen LogP contribution in [0.5, 0.6) is 0 Å². The van der Waals surface area contributed by atoms with Gasteiger partial charge in [0.1, 0.15) is 5.82 Å². The number of ether oxygens (including phenoxy) is 1. The molecule has 0 atom stereocenters. The molecule has 4 nitrogen and oxygen atoms in total. The SMILES string of the molecule is C#CCN(Cc1ccc(F)cc1)c1cccc(NC(=O)OC)c1. The Morgan fingerprint density at radius 1 is 1.30 bits per heavy atom. The van der Waals surface area contributed by atoms with Crippen LogP contribution >= 0.6 is 0 Å². The Hall–Kier alpha value is -3.00. The molecule has 0 aliphatic carbocycles. The molecule has 2 aromatic carbocycles. The minimum Gasteiger partial charge on any atom is -0.453 e. The number of hydrogen-bond acceptors (Lipinski definition) is 3. The van der Waals surface area contributed by atoms with Crippen molar-refractivity contribution in [2.75, 3.05) is 23.9 Å². The molecule has 0 radical (unpaired) electrons. The molecule has 2 rings (SSSR count). The van der Waals surface area contributed by atoms with Crippen LogP contribution in [0.3, 0.4) is 0 Å². The lowest BCUT2D eigenvalue weighted by Gasteiger charge is -2.23. The Bertz CT molecular complexity index is 708. The number of halogens is 1. The number of carbonyl (C=O) groups excluding carboxylic acids is 1. The van der Waals surface area contributed by atoms with Gasteiger partial charge in [-0.3, -0.25) is 5.32 Å². The number of amides is 1. The standard InChI is InChI=1S/C18H17FN2O2/c1-3-11-21(13-14-7-9-15(19)10-8-14)17-6-4-5-16(12-17)20-18(22)23-2/h1,4-10,12H,11,13H2,2H3,(H,20,22). The van der Waals surface area contributed by atoms with E-state index < -0.39 is 6.09 Å². The van der Waals surface area contributed by atoms with Gasteiger partial charge in [-0.15, -0.1) is 6.42 Å². The quantitative estimate of drug-likeness (QED) is 0.857. The molecule has 0 fully saturated rings. The number of methoxy groups -OCH3 is 1. The number of nitrogens with one attached hydrogen (secondary N) is 1. The first-order valence-corrected chi connectivity index (χ1v) is 7.00. The molecule has 0 heterocycles. The first-order chi connectivity index (χ1) is 11.1. The lowest BCUT2D eigenvalue weighted by molar-refractivity contribution is 0.187. The first kappa shape index (κ1) is 16.4. The first-order valence-electron chi connectivity index (χ1n) is 7.00. The third-order valence-electron chi connectivity index (χ3n) is 3.21. The van der Waals surface area contributed by atoms with E-state index in [0.29, 0.717) is 18.8 Å². The van der Waals surface area contributed by atoms with Gasteiger partial charge in [0, 0.05) is 17.9 Å². The molecule has 0 unspecified atom stereocenters. The summed E-state index contributed by atoms with van der Waals surface area (Å²) in [5.41, 5.74) is 2.39. The van der Waals surface area contributed by atoms with Crippen LogP contribution in [0.4, 0.5) is 20.6 Å².